The molecule has 0 aliphatic rings. The van der Waals surface area contributed by atoms with Crippen molar-refractivity contribution in [2.75, 3.05) is 5.88 Å². The van der Waals surface area contributed by atoms with Gasteiger partial charge in [0.2, 0.25) is 0 Å². The highest BCUT2D eigenvalue weighted by Crippen LogP contribution is 2.22. The molecular formula is C10H16Cl2N2. The van der Waals surface area contributed by atoms with E-state index < -0.39 is 0 Å². The third-order valence-electron chi connectivity index (χ3n) is 2.24. The number of aromatic nitrogens is 2. The van der Waals surface area contributed by atoms with E-state index in [1.807, 2.05) is 4.68 Å². The van der Waals surface area contributed by atoms with Crippen LogP contribution in [-0.4, -0.2) is 15.7 Å². The lowest BCUT2D eigenvalue weighted by Crippen LogP contribution is -2.03. The number of alkyl halides is 1. The Labute approximate surface area is 95.2 Å². The van der Waals surface area contributed by atoms with Crippen LogP contribution in [0.2, 0.25) is 5.02 Å². The molecule has 0 aromatic carbocycles. The highest BCUT2D eigenvalue weighted by Gasteiger charge is 2.13. The van der Waals surface area contributed by atoms with E-state index in [1.165, 1.54) is 0 Å². The average Bonchev–Trinajstić information content (AvgIpc) is 2.52. The van der Waals surface area contributed by atoms with E-state index in [9.17, 15) is 0 Å². The van der Waals surface area contributed by atoms with Crippen molar-refractivity contribution < 1.29 is 0 Å². The van der Waals surface area contributed by atoms with Crippen molar-refractivity contribution in [2.45, 2.75) is 39.7 Å². The number of rotatable bonds is 5. The molecule has 80 valence electrons. The monoisotopic (exact) mass is 234 g/mol. The summed E-state index contributed by atoms with van der Waals surface area (Å²) < 4.78 is 1.98. The molecule has 1 aromatic heterocycles. The van der Waals surface area contributed by atoms with Crippen molar-refractivity contribution in [3.05, 3.63) is 16.4 Å². The van der Waals surface area contributed by atoms with Gasteiger partial charge in [-0.25, -0.2) is 0 Å². The van der Waals surface area contributed by atoms with Gasteiger partial charge in [0.1, 0.15) is 0 Å². The van der Waals surface area contributed by atoms with Gasteiger partial charge in [-0.3, -0.25) is 4.68 Å². The maximum Gasteiger partial charge on any atom is 0.0849 e. The van der Waals surface area contributed by atoms with E-state index in [4.69, 9.17) is 23.2 Å². The van der Waals surface area contributed by atoms with Crippen LogP contribution < -0.4 is 0 Å². The molecule has 0 fully saturated rings. The molecule has 0 unspecified atom stereocenters. The van der Waals surface area contributed by atoms with E-state index in [2.05, 4.69) is 18.9 Å². The van der Waals surface area contributed by atoms with Crippen LogP contribution in [0.25, 0.3) is 0 Å². The third kappa shape index (κ3) is 2.43. The maximum absolute atomic E-state index is 6.22. The normalized spacial score (nSPS) is 10.9. The summed E-state index contributed by atoms with van der Waals surface area (Å²) in [5, 5.41) is 5.27. The largest absolute Gasteiger partial charge is 0.268 e. The zero-order valence-corrected chi connectivity index (χ0v) is 10.2. The lowest BCUT2D eigenvalue weighted by Gasteiger charge is -2.03. The Morgan fingerprint density at radius 1 is 1.36 bits per heavy atom. The van der Waals surface area contributed by atoms with Gasteiger partial charge < -0.3 is 0 Å². The molecule has 0 aliphatic heterocycles. The third-order valence-corrected chi connectivity index (χ3v) is 2.94. The highest BCUT2D eigenvalue weighted by atomic mass is 35.5. The van der Waals surface area contributed by atoms with Crippen LogP contribution >= 0.6 is 23.2 Å². The first kappa shape index (κ1) is 11.9. The second kappa shape index (κ2) is 5.62. The topological polar surface area (TPSA) is 17.8 Å². The molecule has 0 saturated carbocycles. The first-order chi connectivity index (χ1) is 6.74. The molecule has 0 aliphatic carbocycles. The van der Waals surface area contributed by atoms with E-state index >= 15 is 0 Å². The first-order valence-electron chi connectivity index (χ1n) is 5.04. The molecule has 0 spiro atoms. The van der Waals surface area contributed by atoms with Crippen molar-refractivity contribution in [1.29, 1.82) is 0 Å². The van der Waals surface area contributed by atoms with E-state index in [1.54, 1.807) is 0 Å². The van der Waals surface area contributed by atoms with Crippen LogP contribution in [-0.2, 0) is 19.4 Å². The minimum Gasteiger partial charge on any atom is -0.268 e. The molecule has 1 heterocycles. The average molecular weight is 235 g/mol. The molecule has 0 amide bonds. The van der Waals surface area contributed by atoms with E-state index in [0.29, 0.717) is 5.88 Å². The summed E-state index contributed by atoms with van der Waals surface area (Å²) >= 11 is 11.9. The Morgan fingerprint density at radius 2 is 2.07 bits per heavy atom. The van der Waals surface area contributed by atoms with Gasteiger partial charge in [0, 0.05) is 12.4 Å². The molecule has 1 aromatic rings. The van der Waals surface area contributed by atoms with Crippen LogP contribution in [0.5, 0.6) is 0 Å². The molecule has 0 saturated heterocycles. The SMILES string of the molecule is CCc1nn(CC)c(CCCCl)c1Cl. The van der Waals surface area contributed by atoms with Gasteiger partial charge in [-0.1, -0.05) is 18.5 Å². The molecular weight excluding hydrogens is 219 g/mol. The van der Waals surface area contributed by atoms with Crippen molar-refractivity contribution in [3.8, 4) is 0 Å². The minimum absolute atomic E-state index is 0.673. The summed E-state index contributed by atoms with van der Waals surface area (Å²) in [4.78, 5) is 0. The van der Waals surface area contributed by atoms with Crippen molar-refractivity contribution in [3.63, 3.8) is 0 Å². The fraction of sp³-hybridized carbons (Fsp3) is 0.700. The zero-order chi connectivity index (χ0) is 10.6. The lowest BCUT2D eigenvalue weighted by atomic mass is 10.2. The minimum atomic E-state index is 0.673. The van der Waals surface area contributed by atoms with Gasteiger partial charge in [0.15, 0.2) is 0 Å². The molecule has 0 atom stereocenters. The van der Waals surface area contributed by atoms with Crippen molar-refractivity contribution >= 4 is 23.2 Å². The van der Waals surface area contributed by atoms with Crippen molar-refractivity contribution in [1.82, 2.24) is 9.78 Å². The Balaban J connectivity index is 2.92. The summed E-state index contributed by atoms with van der Waals surface area (Å²) in [6.07, 6.45) is 2.76. The van der Waals surface area contributed by atoms with Crippen LogP contribution in [0.1, 0.15) is 31.7 Å². The van der Waals surface area contributed by atoms with Crippen LogP contribution in [0, 0.1) is 0 Å². The molecule has 1 rings (SSSR count). The van der Waals surface area contributed by atoms with Crippen LogP contribution in [0.15, 0.2) is 0 Å². The molecule has 4 heteroatoms. The van der Waals surface area contributed by atoms with Gasteiger partial charge >= 0.3 is 0 Å². The Kier molecular flexibility index (Phi) is 4.76. The summed E-state index contributed by atoms with van der Waals surface area (Å²) in [5.41, 5.74) is 2.13. The Hall–Kier alpha value is -0.210. The predicted octanol–water partition coefficient (Wildman–Crippen LogP) is 3.29. The van der Waals surface area contributed by atoms with Crippen LogP contribution in [0.3, 0.4) is 0 Å². The number of nitrogens with zero attached hydrogens (tertiary/aromatic N) is 2. The van der Waals surface area contributed by atoms with Gasteiger partial charge in [0.05, 0.1) is 16.4 Å². The standard InChI is InChI=1S/C10H16Cl2N2/c1-3-8-10(12)9(6-5-7-11)14(4-2)13-8/h3-7H2,1-2H3. The fourth-order valence-electron chi connectivity index (χ4n) is 1.49. The number of hydrogen-bond donors (Lipinski definition) is 0. The van der Waals surface area contributed by atoms with Gasteiger partial charge in [0.25, 0.3) is 0 Å². The van der Waals surface area contributed by atoms with Crippen LogP contribution in [0.4, 0.5) is 0 Å². The molecule has 0 N–H and O–H groups in total. The second-order valence-corrected chi connectivity index (χ2v) is 3.93. The summed E-state index contributed by atoms with van der Waals surface area (Å²) in [6, 6.07) is 0. The maximum atomic E-state index is 6.22. The van der Waals surface area contributed by atoms with E-state index in [-0.39, 0.29) is 0 Å². The highest BCUT2D eigenvalue weighted by molar-refractivity contribution is 6.31. The van der Waals surface area contributed by atoms with E-state index in [0.717, 1.165) is 42.2 Å². The quantitative estimate of drug-likeness (QED) is 0.716. The Morgan fingerprint density at radius 3 is 2.57 bits per heavy atom. The smallest absolute Gasteiger partial charge is 0.0849 e. The summed E-state index contributed by atoms with van der Waals surface area (Å²) in [7, 11) is 0. The fourth-order valence-corrected chi connectivity index (χ4v) is 1.99. The molecule has 0 bridgehead atoms. The van der Waals surface area contributed by atoms with Crippen molar-refractivity contribution in [2.24, 2.45) is 0 Å². The lowest BCUT2D eigenvalue weighted by molar-refractivity contribution is 0.609. The Bertz CT molecular complexity index is 295. The van der Waals surface area contributed by atoms with Gasteiger partial charge in [-0.2, -0.15) is 5.10 Å². The predicted molar refractivity (Wildman–Crippen MR) is 61.3 cm³/mol. The first-order valence-corrected chi connectivity index (χ1v) is 5.95. The molecule has 14 heavy (non-hydrogen) atoms. The number of hydrogen-bond acceptors (Lipinski definition) is 1. The zero-order valence-electron chi connectivity index (χ0n) is 8.69. The summed E-state index contributed by atoms with van der Waals surface area (Å²) in [5.74, 6) is 0.673. The molecule has 0 radical (unpaired) electrons. The molecule has 2 nitrogen and oxygen atoms in total. The number of aryl methyl sites for hydroxylation is 2. The van der Waals surface area contributed by atoms with Gasteiger partial charge in [-0.15, -0.1) is 11.6 Å². The summed E-state index contributed by atoms with van der Waals surface area (Å²) in [6.45, 7) is 5.02. The second-order valence-electron chi connectivity index (χ2n) is 3.17. The van der Waals surface area contributed by atoms with Gasteiger partial charge in [-0.05, 0) is 26.2 Å². The number of halogens is 2.